The van der Waals surface area contributed by atoms with Crippen molar-refractivity contribution in [3.05, 3.63) is 34.9 Å². The molecule has 0 bridgehead atoms. The van der Waals surface area contributed by atoms with E-state index < -0.39 is 9.05 Å². The Labute approximate surface area is 99.8 Å². The summed E-state index contributed by atoms with van der Waals surface area (Å²) in [5.74, 6) is -0.0228. The third-order valence-electron chi connectivity index (χ3n) is 2.75. The second kappa shape index (κ2) is 4.73. The Morgan fingerprint density at radius 1 is 1.38 bits per heavy atom. The van der Waals surface area contributed by atoms with Crippen molar-refractivity contribution >= 4 is 19.7 Å². The van der Waals surface area contributed by atoms with Gasteiger partial charge in [-0.05, 0) is 29.5 Å². The minimum absolute atomic E-state index is 0.0228. The van der Waals surface area contributed by atoms with Crippen LogP contribution in [0.5, 0.6) is 0 Å². The number of fused-ring (bicyclic) bond motifs is 1. The molecule has 0 N–H and O–H groups in total. The molecule has 1 heterocycles. The van der Waals surface area contributed by atoms with Gasteiger partial charge in [-0.25, -0.2) is 8.42 Å². The molecule has 2 rings (SSSR count). The molecule has 0 saturated heterocycles. The van der Waals surface area contributed by atoms with Crippen molar-refractivity contribution in [2.75, 3.05) is 12.4 Å². The van der Waals surface area contributed by atoms with Crippen LogP contribution in [-0.2, 0) is 33.2 Å². The predicted octanol–water partition coefficient (Wildman–Crippen LogP) is 1.87. The molecular formula is C11H13ClO3S. The Morgan fingerprint density at radius 2 is 2.19 bits per heavy atom. The van der Waals surface area contributed by atoms with Crippen LogP contribution in [0.15, 0.2) is 18.2 Å². The van der Waals surface area contributed by atoms with Gasteiger partial charge in [0.05, 0.1) is 19.0 Å². The fourth-order valence-electron chi connectivity index (χ4n) is 1.93. The first kappa shape index (κ1) is 11.9. The first-order chi connectivity index (χ1) is 7.56. The molecule has 1 aromatic rings. The maximum absolute atomic E-state index is 10.9. The SMILES string of the molecule is O=S(=O)(Cl)CCc1cccc2c1COCC2. The molecule has 1 aromatic carbocycles. The van der Waals surface area contributed by atoms with Crippen LogP contribution in [0.4, 0.5) is 0 Å². The fraction of sp³-hybridized carbons (Fsp3) is 0.455. The fourth-order valence-corrected chi connectivity index (χ4v) is 2.63. The van der Waals surface area contributed by atoms with Crippen molar-refractivity contribution in [2.24, 2.45) is 0 Å². The van der Waals surface area contributed by atoms with E-state index in [2.05, 4.69) is 6.07 Å². The molecule has 0 aliphatic carbocycles. The number of rotatable bonds is 3. The quantitative estimate of drug-likeness (QED) is 0.780. The van der Waals surface area contributed by atoms with Gasteiger partial charge >= 0.3 is 0 Å². The maximum atomic E-state index is 10.9. The van der Waals surface area contributed by atoms with Gasteiger partial charge in [0.15, 0.2) is 0 Å². The predicted molar refractivity (Wildman–Crippen MR) is 63.1 cm³/mol. The van der Waals surface area contributed by atoms with Gasteiger partial charge in [-0.2, -0.15) is 0 Å². The number of ether oxygens (including phenoxy) is 1. The minimum Gasteiger partial charge on any atom is -0.376 e. The third kappa shape index (κ3) is 2.97. The average Bonchev–Trinajstić information content (AvgIpc) is 2.25. The van der Waals surface area contributed by atoms with Crippen molar-refractivity contribution in [1.29, 1.82) is 0 Å². The monoisotopic (exact) mass is 260 g/mol. The normalized spacial score (nSPS) is 15.8. The summed E-state index contributed by atoms with van der Waals surface area (Å²) >= 11 is 0. The van der Waals surface area contributed by atoms with Gasteiger partial charge in [-0.1, -0.05) is 18.2 Å². The molecular weight excluding hydrogens is 248 g/mol. The number of hydrogen-bond donors (Lipinski definition) is 0. The Hall–Kier alpha value is -0.580. The molecule has 0 saturated carbocycles. The zero-order chi connectivity index (χ0) is 11.6. The highest BCUT2D eigenvalue weighted by molar-refractivity contribution is 8.13. The van der Waals surface area contributed by atoms with Crippen molar-refractivity contribution in [2.45, 2.75) is 19.4 Å². The van der Waals surface area contributed by atoms with E-state index in [1.807, 2.05) is 12.1 Å². The first-order valence-electron chi connectivity index (χ1n) is 5.16. The van der Waals surface area contributed by atoms with Crippen molar-refractivity contribution < 1.29 is 13.2 Å². The summed E-state index contributed by atoms with van der Waals surface area (Å²) in [7, 11) is 1.79. The summed E-state index contributed by atoms with van der Waals surface area (Å²) in [6, 6.07) is 5.96. The zero-order valence-corrected chi connectivity index (χ0v) is 10.4. The number of halogens is 1. The topological polar surface area (TPSA) is 43.4 Å². The summed E-state index contributed by atoms with van der Waals surface area (Å²) in [5.41, 5.74) is 3.42. The highest BCUT2D eigenvalue weighted by Gasteiger charge is 2.14. The Kier molecular flexibility index (Phi) is 3.52. The van der Waals surface area contributed by atoms with Crippen LogP contribution in [0, 0.1) is 0 Å². The standard InChI is InChI=1S/C11H13ClO3S/c12-16(13,14)7-5-10-3-1-2-9-4-6-15-8-11(9)10/h1-3H,4-8H2. The summed E-state index contributed by atoms with van der Waals surface area (Å²) in [6.45, 7) is 1.32. The average molecular weight is 261 g/mol. The molecule has 0 unspecified atom stereocenters. The second-order valence-electron chi connectivity index (χ2n) is 3.85. The molecule has 0 fully saturated rings. The van der Waals surface area contributed by atoms with E-state index in [-0.39, 0.29) is 5.75 Å². The lowest BCUT2D eigenvalue weighted by Gasteiger charge is -2.19. The summed E-state index contributed by atoms with van der Waals surface area (Å²) in [5, 5.41) is 0. The first-order valence-corrected chi connectivity index (χ1v) is 7.64. The van der Waals surface area contributed by atoms with Gasteiger partial charge in [0, 0.05) is 10.7 Å². The summed E-state index contributed by atoms with van der Waals surface area (Å²) < 4.78 is 27.2. The molecule has 1 aliphatic rings. The van der Waals surface area contributed by atoms with Gasteiger partial charge in [0.25, 0.3) is 0 Å². The highest BCUT2D eigenvalue weighted by atomic mass is 35.7. The number of benzene rings is 1. The van der Waals surface area contributed by atoms with E-state index in [0.717, 1.165) is 24.2 Å². The second-order valence-corrected chi connectivity index (χ2v) is 6.75. The highest BCUT2D eigenvalue weighted by Crippen LogP contribution is 2.21. The molecule has 0 radical (unpaired) electrons. The molecule has 0 spiro atoms. The summed E-state index contributed by atoms with van der Waals surface area (Å²) in [4.78, 5) is 0. The lowest BCUT2D eigenvalue weighted by Crippen LogP contribution is -2.13. The van der Waals surface area contributed by atoms with Gasteiger partial charge < -0.3 is 4.74 Å². The molecule has 0 atom stereocenters. The number of aryl methyl sites for hydroxylation is 1. The maximum Gasteiger partial charge on any atom is 0.232 e. The van der Waals surface area contributed by atoms with Crippen LogP contribution in [0.2, 0.25) is 0 Å². The summed E-state index contributed by atoms with van der Waals surface area (Å²) in [6.07, 6.45) is 1.36. The van der Waals surface area contributed by atoms with Crippen molar-refractivity contribution in [1.82, 2.24) is 0 Å². The molecule has 3 nitrogen and oxygen atoms in total. The smallest absolute Gasteiger partial charge is 0.232 e. The van der Waals surface area contributed by atoms with Crippen molar-refractivity contribution in [3.8, 4) is 0 Å². The van der Waals surface area contributed by atoms with Crippen molar-refractivity contribution in [3.63, 3.8) is 0 Å². The molecule has 1 aliphatic heterocycles. The van der Waals surface area contributed by atoms with Crippen LogP contribution in [0.1, 0.15) is 16.7 Å². The van der Waals surface area contributed by atoms with E-state index in [1.54, 1.807) is 0 Å². The van der Waals surface area contributed by atoms with Crippen LogP contribution >= 0.6 is 10.7 Å². The molecule has 0 amide bonds. The third-order valence-corrected chi connectivity index (χ3v) is 3.90. The van der Waals surface area contributed by atoms with Gasteiger partial charge in [0.1, 0.15) is 0 Å². The Bertz CT molecular complexity index is 482. The lowest BCUT2D eigenvalue weighted by atomic mass is 9.96. The Balaban J connectivity index is 2.21. The van der Waals surface area contributed by atoms with E-state index in [1.165, 1.54) is 5.56 Å². The van der Waals surface area contributed by atoms with E-state index in [4.69, 9.17) is 15.4 Å². The van der Waals surface area contributed by atoms with Gasteiger partial charge in [-0.15, -0.1) is 0 Å². The molecule has 0 aromatic heterocycles. The lowest BCUT2D eigenvalue weighted by molar-refractivity contribution is 0.110. The largest absolute Gasteiger partial charge is 0.376 e. The zero-order valence-electron chi connectivity index (χ0n) is 8.78. The molecule has 16 heavy (non-hydrogen) atoms. The van der Waals surface area contributed by atoms with Gasteiger partial charge in [0.2, 0.25) is 9.05 Å². The van der Waals surface area contributed by atoms with E-state index in [9.17, 15) is 8.42 Å². The van der Waals surface area contributed by atoms with Gasteiger partial charge in [-0.3, -0.25) is 0 Å². The number of hydrogen-bond acceptors (Lipinski definition) is 3. The van der Waals surface area contributed by atoms with Crippen LogP contribution in [0.3, 0.4) is 0 Å². The van der Waals surface area contributed by atoms with Crippen LogP contribution < -0.4 is 0 Å². The van der Waals surface area contributed by atoms with Crippen LogP contribution in [-0.4, -0.2) is 20.8 Å². The molecule has 5 heteroatoms. The molecule has 88 valence electrons. The van der Waals surface area contributed by atoms with E-state index >= 15 is 0 Å². The van der Waals surface area contributed by atoms with Crippen LogP contribution in [0.25, 0.3) is 0 Å². The Morgan fingerprint density at radius 3 is 2.94 bits per heavy atom. The minimum atomic E-state index is -3.42. The van der Waals surface area contributed by atoms with E-state index in [0.29, 0.717) is 13.0 Å².